The summed E-state index contributed by atoms with van der Waals surface area (Å²) in [6.45, 7) is 1.98. The van der Waals surface area contributed by atoms with E-state index in [1.807, 2.05) is 6.92 Å². The molecule has 5 heteroatoms. The van der Waals surface area contributed by atoms with Gasteiger partial charge < -0.3 is 0 Å². The molecule has 0 fully saturated rings. The molecule has 0 aromatic heterocycles. The number of allylic oxidation sites excluding steroid dienone is 1. The number of alkyl halides is 3. The molecule has 0 aliphatic heterocycles. The maximum atomic E-state index is 14.1. The molecule has 122 valence electrons. The second kappa shape index (κ2) is 6.94. The minimum atomic E-state index is -4.51. The van der Waals surface area contributed by atoms with Crippen LogP contribution in [0.3, 0.4) is 0 Å². The van der Waals surface area contributed by atoms with Crippen LogP contribution in [-0.2, 0) is 6.42 Å². The Bertz CT molecular complexity index is 714. The Labute approximate surface area is 131 Å². The molecule has 0 saturated heterocycles. The molecule has 0 aliphatic carbocycles. The average molecular weight is 326 g/mol. The highest BCUT2D eigenvalue weighted by molar-refractivity contribution is 5.67. The van der Waals surface area contributed by atoms with Gasteiger partial charge in [0.15, 0.2) is 0 Å². The van der Waals surface area contributed by atoms with Crippen molar-refractivity contribution in [1.82, 2.24) is 0 Å². The van der Waals surface area contributed by atoms with Crippen molar-refractivity contribution in [3.05, 3.63) is 65.2 Å². The molecule has 0 spiro atoms. The Morgan fingerprint density at radius 2 is 1.70 bits per heavy atom. The van der Waals surface area contributed by atoms with Crippen LogP contribution in [0.15, 0.2) is 42.5 Å². The van der Waals surface area contributed by atoms with Gasteiger partial charge in [-0.3, -0.25) is 0 Å². The summed E-state index contributed by atoms with van der Waals surface area (Å²) in [6.07, 6.45) is -2.27. The Balaban J connectivity index is 2.32. The van der Waals surface area contributed by atoms with Crippen LogP contribution in [0.25, 0.3) is 17.2 Å². The molecule has 0 radical (unpaired) electrons. The van der Waals surface area contributed by atoms with Gasteiger partial charge in [0.25, 0.3) is 0 Å². The van der Waals surface area contributed by atoms with Crippen molar-refractivity contribution in [3.8, 4) is 11.1 Å². The first-order valence-corrected chi connectivity index (χ1v) is 7.14. The summed E-state index contributed by atoms with van der Waals surface area (Å²) in [6, 6.07) is 8.35. The summed E-state index contributed by atoms with van der Waals surface area (Å²) < 4.78 is 64.3. The smallest absolute Gasteiger partial charge is 0.206 e. The summed E-state index contributed by atoms with van der Waals surface area (Å²) >= 11 is 0. The minimum Gasteiger partial charge on any atom is -0.206 e. The average Bonchev–Trinajstić information content (AvgIpc) is 2.45. The Kier molecular flexibility index (Phi) is 5.19. The summed E-state index contributed by atoms with van der Waals surface area (Å²) in [4.78, 5) is 0. The lowest BCUT2D eigenvalue weighted by Crippen LogP contribution is -2.00. The lowest BCUT2D eigenvalue weighted by Gasteiger charge is -2.08. The number of hydrogen-bond donors (Lipinski definition) is 0. The van der Waals surface area contributed by atoms with Crippen molar-refractivity contribution >= 4 is 6.08 Å². The van der Waals surface area contributed by atoms with Gasteiger partial charge in [-0.2, -0.15) is 13.2 Å². The first-order valence-electron chi connectivity index (χ1n) is 7.14. The lowest BCUT2D eigenvalue weighted by molar-refractivity contribution is -0.0790. The monoisotopic (exact) mass is 326 g/mol. The lowest BCUT2D eigenvalue weighted by atomic mass is 10.00. The quantitative estimate of drug-likeness (QED) is 0.590. The molecular formula is C18H15F5. The van der Waals surface area contributed by atoms with E-state index in [0.717, 1.165) is 24.5 Å². The topological polar surface area (TPSA) is 0 Å². The molecule has 23 heavy (non-hydrogen) atoms. The standard InChI is InChI=1S/C18H15F5/c1-2-3-12-4-7-15(17(20)10-12)14-6-5-13(16(19)11-14)8-9-18(21,22)23/h4-11H,2-3H2,1H3/b9-8+. The van der Waals surface area contributed by atoms with E-state index in [0.29, 0.717) is 6.08 Å². The first kappa shape index (κ1) is 17.2. The van der Waals surface area contributed by atoms with E-state index < -0.39 is 17.8 Å². The van der Waals surface area contributed by atoms with E-state index in [1.54, 1.807) is 12.1 Å². The van der Waals surface area contributed by atoms with Crippen LogP contribution in [0, 0.1) is 11.6 Å². The molecule has 0 saturated carbocycles. The third-order valence-corrected chi connectivity index (χ3v) is 3.34. The van der Waals surface area contributed by atoms with Crippen molar-refractivity contribution in [2.75, 3.05) is 0 Å². The Morgan fingerprint density at radius 3 is 2.26 bits per heavy atom. The van der Waals surface area contributed by atoms with E-state index in [9.17, 15) is 22.0 Å². The molecule has 0 amide bonds. The molecule has 0 bridgehead atoms. The van der Waals surface area contributed by atoms with E-state index >= 15 is 0 Å². The number of hydrogen-bond acceptors (Lipinski definition) is 0. The van der Waals surface area contributed by atoms with Gasteiger partial charge in [-0.1, -0.05) is 37.6 Å². The third-order valence-electron chi connectivity index (χ3n) is 3.34. The fraction of sp³-hybridized carbons (Fsp3) is 0.222. The van der Waals surface area contributed by atoms with Gasteiger partial charge in [0.1, 0.15) is 11.6 Å². The van der Waals surface area contributed by atoms with Gasteiger partial charge in [0, 0.05) is 17.2 Å². The molecule has 0 unspecified atom stereocenters. The van der Waals surface area contributed by atoms with Crippen LogP contribution in [0.2, 0.25) is 0 Å². The molecule has 0 nitrogen and oxygen atoms in total. The summed E-state index contributed by atoms with van der Waals surface area (Å²) in [5.41, 5.74) is 1.15. The number of halogens is 5. The fourth-order valence-electron chi connectivity index (χ4n) is 2.25. The predicted molar refractivity (Wildman–Crippen MR) is 80.9 cm³/mol. The van der Waals surface area contributed by atoms with Gasteiger partial charge >= 0.3 is 6.18 Å². The molecule has 0 heterocycles. The van der Waals surface area contributed by atoms with E-state index in [2.05, 4.69) is 0 Å². The maximum absolute atomic E-state index is 14.1. The Morgan fingerprint density at radius 1 is 0.957 bits per heavy atom. The normalized spacial score (nSPS) is 12.1. The van der Waals surface area contributed by atoms with Gasteiger partial charge in [-0.05, 0) is 35.8 Å². The highest BCUT2D eigenvalue weighted by Gasteiger charge is 2.22. The first-order chi connectivity index (χ1) is 10.8. The van der Waals surface area contributed by atoms with E-state index in [-0.39, 0.29) is 22.8 Å². The molecule has 2 rings (SSSR count). The largest absolute Gasteiger partial charge is 0.409 e. The van der Waals surface area contributed by atoms with Crippen LogP contribution in [-0.4, -0.2) is 6.18 Å². The highest BCUT2D eigenvalue weighted by Crippen LogP contribution is 2.27. The molecule has 0 atom stereocenters. The second-order valence-corrected chi connectivity index (χ2v) is 5.18. The van der Waals surface area contributed by atoms with Gasteiger partial charge in [0.2, 0.25) is 0 Å². The zero-order valence-electron chi connectivity index (χ0n) is 12.4. The maximum Gasteiger partial charge on any atom is 0.409 e. The Hall–Kier alpha value is -2.17. The van der Waals surface area contributed by atoms with Crippen LogP contribution < -0.4 is 0 Å². The predicted octanol–water partition coefficient (Wildman–Crippen LogP) is 6.16. The SMILES string of the molecule is CCCc1ccc(-c2ccc(/C=C/C(F)(F)F)c(F)c2)c(F)c1. The van der Waals surface area contributed by atoms with Gasteiger partial charge in [-0.25, -0.2) is 8.78 Å². The summed E-state index contributed by atoms with van der Waals surface area (Å²) in [7, 11) is 0. The summed E-state index contributed by atoms with van der Waals surface area (Å²) in [5.74, 6) is -1.31. The van der Waals surface area contributed by atoms with Gasteiger partial charge in [-0.15, -0.1) is 0 Å². The van der Waals surface area contributed by atoms with Crippen molar-refractivity contribution in [3.63, 3.8) is 0 Å². The summed E-state index contributed by atoms with van der Waals surface area (Å²) in [5, 5.41) is 0. The molecule has 0 N–H and O–H groups in total. The van der Waals surface area contributed by atoms with Crippen molar-refractivity contribution in [2.45, 2.75) is 25.9 Å². The van der Waals surface area contributed by atoms with Crippen molar-refractivity contribution in [2.24, 2.45) is 0 Å². The molecule has 0 aliphatic rings. The zero-order valence-corrected chi connectivity index (χ0v) is 12.4. The van der Waals surface area contributed by atoms with E-state index in [1.165, 1.54) is 18.2 Å². The second-order valence-electron chi connectivity index (χ2n) is 5.18. The fourth-order valence-corrected chi connectivity index (χ4v) is 2.25. The number of aryl methyl sites for hydroxylation is 1. The molecule has 2 aromatic carbocycles. The third kappa shape index (κ3) is 4.65. The molecular weight excluding hydrogens is 311 g/mol. The highest BCUT2D eigenvalue weighted by atomic mass is 19.4. The van der Waals surface area contributed by atoms with Crippen molar-refractivity contribution < 1.29 is 22.0 Å². The molecule has 2 aromatic rings. The van der Waals surface area contributed by atoms with Crippen LogP contribution >= 0.6 is 0 Å². The number of benzene rings is 2. The van der Waals surface area contributed by atoms with Gasteiger partial charge in [0.05, 0.1) is 0 Å². The van der Waals surface area contributed by atoms with E-state index in [4.69, 9.17) is 0 Å². The van der Waals surface area contributed by atoms with Crippen LogP contribution in [0.1, 0.15) is 24.5 Å². The zero-order chi connectivity index (χ0) is 17.0. The van der Waals surface area contributed by atoms with Crippen LogP contribution in [0.4, 0.5) is 22.0 Å². The minimum absolute atomic E-state index is 0.0365. The van der Waals surface area contributed by atoms with Crippen molar-refractivity contribution in [1.29, 1.82) is 0 Å². The number of rotatable bonds is 4. The van der Waals surface area contributed by atoms with Crippen LogP contribution in [0.5, 0.6) is 0 Å².